The predicted octanol–water partition coefficient (Wildman–Crippen LogP) is -0.206. The number of rotatable bonds is 5. The molecule has 8 heteroatoms. The second-order valence-corrected chi connectivity index (χ2v) is 4.36. The highest BCUT2D eigenvalue weighted by atomic mass is 32.2. The lowest BCUT2D eigenvalue weighted by atomic mass is 10.2. The molecule has 0 amide bonds. The van der Waals surface area contributed by atoms with Gasteiger partial charge in [0.05, 0.1) is 6.42 Å². The monoisotopic (exact) mass is 238 g/mol. The number of hydrogen-bond acceptors (Lipinski definition) is 5. The predicted molar refractivity (Wildman–Crippen MR) is 48.5 cm³/mol. The van der Waals surface area contributed by atoms with E-state index in [2.05, 4.69) is 11.3 Å². The minimum absolute atomic E-state index is 0.405. The van der Waals surface area contributed by atoms with Crippen LogP contribution in [0.15, 0.2) is 12.2 Å². The van der Waals surface area contributed by atoms with E-state index in [-0.39, 0.29) is 0 Å². The Morgan fingerprint density at radius 3 is 2.27 bits per heavy atom. The summed E-state index contributed by atoms with van der Waals surface area (Å²) in [6.07, 6.45) is -0.656. The van der Waals surface area contributed by atoms with Crippen LogP contribution < -0.4 is 0 Å². The fourth-order valence-electron chi connectivity index (χ4n) is 0.550. The number of aliphatic carboxylic acids is 1. The summed E-state index contributed by atoms with van der Waals surface area (Å²) in [4.78, 5) is 21.1. The largest absolute Gasteiger partial charge is 0.481 e. The molecule has 0 aromatic heterocycles. The molecule has 7 nitrogen and oxygen atoms in total. The molecule has 0 aromatic carbocycles. The van der Waals surface area contributed by atoms with Gasteiger partial charge in [0.25, 0.3) is 0 Å². The average Bonchev–Trinajstić information content (AvgIpc) is 2.00. The maximum Gasteiger partial charge on any atom is 0.335 e. The third-order valence-corrected chi connectivity index (χ3v) is 2.28. The van der Waals surface area contributed by atoms with Crippen LogP contribution in [-0.4, -0.2) is 35.5 Å². The van der Waals surface area contributed by atoms with Crippen molar-refractivity contribution in [3.8, 4) is 0 Å². The van der Waals surface area contributed by atoms with Gasteiger partial charge < -0.3 is 9.84 Å². The SMILES string of the molecule is C=C(CC(=O)O)C(=O)OC(C)S(=O)(=O)O. The lowest BCUT2D eigenvalue weighted by Crippen LogP contribution is -2.24. The van der Waals surface area contributed by atoms with Crippen molar-refractivity contribution < 1.29 is 32.4 Å². The highest BCUT2D eigenvalue weighted by molar-refractivity contribution is 7.86. The quantitative estimate of drug-likeness (QED) is 0.386. The first-order valence-corrected chi connectivity index (χ1v) is 5.21. The molecule has 0 radical (unpaired) electrons. The number of carboxylic acids is 1. The van der Waals surface area contributed by atoms with Crippen LogP contribution in [0.4, 0.5) is 0 Å². The number of carbonyl (C=O) groups excluding carboxylic acids is 1. The smallest absolute Gasteiger partial charge is 0.335 e. The number of carboxylic acid groups (broad SMARTS) is 1. The van der Waals surface area contributed by atoms with E-state index in [1.807, 2.05) is 0 Å². The Morgan fingerprint density at radius 2 is 1.93 bits per heavy atom. The molecule has 0 spiro atoms. The van der Waals surface area contributed by atoms with Gasteiger partial charge in [0.1, 0.15) is 0 Å². The second-order valence-electron chi connectivity index (χ2n) is 2.66. The topological polar surface area (TPSA) is 118 Å². The number of esters is 1. The van der Waals surface area contributed by atoms with Gasteiger partial charge in [-0.25, -0.2) is 4.79 Å². The van der Waals surface area contributed by atoms with Gasteiger partial charge in [-0.1, -0.05) is 6.58 Å². The molecule has 15 heavy (non-hydrogen) atoms. The van der Waals surface area contributed by atoms with Crippen LogP contribution >= 0.6 is 0 Å². The molecule has 0 saturated heterocycles. The number of ether oxygens (including phenoxy) is 1. The van der Waals surface area contributed by atoms with Crippen molar-refractivity contribution in [2.75, 3.05) is 0 Å². The van der Waals surface area contributed by atoms with E-state index in [0.717, 1.165) is 6.92 Å². The van der Waals surface area contributed by atoms with Gasteiger partial charge in [-0.2, -0.15) is 8.42 Å². The molecule has 0 bridgehead atoms. The Balaban J connectivity index is 4.39. The van der Waals surface area contributed by atoms with Crippen molar-refractivity contribution in [2.24, 2.45) is 0 Å². The van der Waals surface area contributed by atoms with Crippen molar-refractivity contribution in [3.63, 3.8) is 0 Å². The van der Waals surface area contributed by atoms with Gasteiger partial charge in [0, 0.05) is 5.57 Å². The minimum atomic E-state index is -4.49. The fourth-order valence-corrected chi connectivity index (χ4v) is 0.759. The number of hydrogen-bond donors (Lipinski definition) is 2. The van der Waals surface area contributed by atoms with E-state index in [9.17, 15) is 18.0 Å². The maximum absolute atomic E-state index is 11.0. The van der Waals surface area contributed by atoms with Crippen molar-refractivity contribution in [2.45, 2.75) is 18.8 Å². The molecule has 0 aliphatic rings. The summed E-state index contributed by atoms with van der Waals surface area (Å²) < 4.78 is 33.6. The van der Waals surface area contributed by atoms with E-state index < -0.39 is 39.5 Å². The van der Waals surface area contributed by atoms with Gasteiger partial charge in [-0.05, 0) is 6.92 Å². The zero-order chi connectivity index (χ0) is 12.2. The average molecular weight is 238 g/mol. The van der Waals surface area contributed by atoms with Crippen molar-refractivity contribution >= 4 is 22.1 Å². The Kier molecular flexibility index (Phi) is 4.43. The van der Waals surface area contributed by atoms with Crippen LogP contribution in [-0.2, 0) is 24.4 Å². The maximum atomic E-state index is 11.0. The first-order valence-electron chi connectivity index (χ1n) is 3.71. The molecule has 2 N–H and O–H groups in total. The van der Waals surface area contributed by atoms with E-state index in [4.69, 9.17) is 9.66 Å². The summed E-state index contributed by atoms with van der Waals surface area (Å²) in [5, 5.41) is 8.29. The molecule has 0 saturated carbocycles. The first kappa shape index (κ1) is 13.6. The lowest BCUT2D eigenvalue weighted by Gasteiger charge is -2.10. The Hall–Kier alpha value is -1.41. The molecule has 0 heterocycles. The van der Waals surface area contributed by atoms with Crippen LogP contribution in [0, 0.1) is 0 Å². The third kappa shape index (κ3) is 5.13. The molecule has 0 fully saturated rings. The molecule has 0 aromatic rings. The van der Waals surface area contributed by atoms with Crippen molar-refractivity contribution in [3.05, 3.63) is 12.2 Å². The Labute approximate surface area is 86.1 Å². The van der Waals surface area contributed by atoms with Crippen LogP contribution in [0.3, 0.4) is 0 Å². The van der Waals surface area contributed by atoms with Gasteiger partial charge in [-0.15, -0.1) is 0 Å². The van der Waals surface area contributed by atoms with E-state index in [0.29, 0.717) is 0 Å². The fraction of sp³-hybridized carbons (Fsp3) is 0.429. The first-order chi connectivity index (χ1) is 6.64. The van der Waals surface area contributed by atoms with Crippen LogP contribution in [0.1, 0.15) is 13.3 Å². The number of carbonyl (C=O) groups is 2. The minimum Gasteiger partial charge on any atom is -0.481 e. The zero-order valence-electron chi connectivity index (χ0n) is 7.84. The van der Waals surface area contributed by atoms with Crippen LogP contribution in [0.25, 0.3) is 0 Å². The van der Waals surface area contributed by atoms with Gasteiger partial charge in [0.15, 0.2) is 0 Å². The van der Waals surface area contributed by atoms with E-state index >= 15 is 0 Å². The highest BCUT2D eigenvalue weighted by Crippen LogP contribution is 2.06. The molecule has 0 aliphatic heterocycles. The zero-order valence-corrected chi connectivity index (χ0v) is 8.65. The second kappa shape index (κ2) is 4.89. The molecule has 1 unspecified atom stereocenters. The third-order valence-electron chi connectivity index (χ3n) is 1.35. The Morgan fingerprint density at radius 1 is 1.47 bits per heavy atom. The normalized spacial score (nSPS) is 12.9. The van der Waals surface area contributed by atoms with Crippen molar-refractivity contribution in [1.29, 1.82) is 0 Å². The molecule has 0 aliphatic carbocycles. The summed E-state index contributed by atoms with van der Waals surface area (Å²) in [7, 11) is -4.49. The summed E-state index contributed by atoms with van der Waals surface area (Å²) >= 11 is 0. The molecule has 0 rings (SSSR count). The van der Waals surface area contributed by atoms with Crippen molar-refractivity contribution in [1.82, 2.24) is 0 Å². The van der Waals surface area contributed by atoms with Gasteiger partial charge >= 0.3 is 22.1 Å². The standard InChI is InChI=1S/C7H10O7S/c1-4(3-6(8)9)7(10)14-5(2)15(11,12)13/h5H,1,3H2,2H3,(H,8,9)(H,11,12,13). The molecular formula is C7H10O7S. The summed E-state index contributed by atoms with van der Waals surface area (Å²) in [5.41, 5.74) is -2.16. The summed E-state index contributed by atoms with van der Waals surface area (Å²) in [5.74, 6) is -2.47. The van der Waals surface area contributed by atoms with Crippen LogP contribution in [0.2, 0.25) is 0 Å². The highest BCUT2D eigenvalue weighted by Gasteiger charge is 2.23. The van der Waals surface area contributed by atoms with E-state index in [1.54, 1.807) is 0 Å². The molecule has 86 valence electrons. The molecular weight excluding hydrogens is 228 g/mol. The summed E-state index contributed by atoms with van der Waals surface area (Å²) in [6, 6.07) is 0. The van der Waals surface area contributed by atoms with Crippen LogP contribution in [0.5, 0.6) is 0 Å². The van der Waals surface area contributed by atoms with E-state index in [1.165, 1.54) is 0 Å². The lowest BCUT2D eigenvalue weighted by molar-refractivity contribution is -0.143. The van der Waals surface area contributed by atoms with Gasteiger partial charge in [-0.3, -0.25) is 9.35 Å². The van der Waals surface area contributed by atoms with Gasteiger partial charge in [0.2, 0.25) is 5.44 Å². The Bertz CT molecular complexity index is 380. The molecule has 1 atom stereocenters. The summed E-state index contributed by atoms with van der Waals surface area (Å²) in [6.45, 7) is 4.03.